The summed E-state index contributed by atoms with van der Waals surface area (Å²) < 4.78 is 4.85. The van der Waals surface area contributed by atoms with E-state index < -0.39 is 12.7 Å². The first-order valence-electron chi connectivity index (χ1n) is 11.0. The predicted octanol–water partition coefficient (Wildman–Crippen LogP) is 4.56. The molecule has 5 heteroatoms. The summed E-state index contributed by atoms with van der Waals surface area (Å²) in [4.78, 5) is 11.4. The van der Waals surface area contributed by atoms with Gasteiger partial charge in [0.25, 0.3) is 0 Å². The maximum atomic E-state index is 11.4. The molecule has 0 aliphatic carbocycles. The number of aliphatic hydroxyl groups excluding tert-OH is 3. The number of allylic oxidation sites excluding steroid dienone is 9. The van der Waals surface area contributed by atoms with Crippen molar-refractivity contribution in [2.75, 3.05) is 19.8 Å². The molecule has 0 saturated carbocycles. The number of carbonyl (C=O) groups excluding carboxylic acids is 1. The van der Waals surface area contributed by atoms with E-state index in [-0.39, 0.29) is 19.2 Å². The molecule has 0 aromatic rings. The Bertz CT molecular complexity index is 532. The molecule has 0 rings (SSSR count). The Labute approximate surface area is 182 Å². The van der Waals surface area contributed by atoms with E-state index in [1.165, 1.54) is 0 Å². The topological polar surface area (TPSA) is 87.0 Å². The zero-order valence-electron chi connectivity index (χ0n) is 18.2. The Balaban J connectivity index is 3.48. The molecule has 0 spiro atoms. The van der Waals surface area contributed by atoms with Crippen molar-refractivity contribution in [1.82, 2.24) is 0 Å². The molecule has 0 aromatic carbocycles. The number of rotatable bonds is 19. The van der Waals surface area contributed by atoms with Gasteiger partial charge in [0.1, 0.15) is 12.7 Å². The van der Waals surface area contributed by atoms with Gasteiger partial charge in [0.2, 0.25) is 0 Å². The van der Waals surface area contributed by atoms with Gasteiger partial charge in [-0.2, -0.15) is 0 Å². The monoisotopic (exact) mass is 420 g/mol. The van der Waals surface area contributed by atoms with Gasteiger partial charge in [0, 0.05) is 13.0 Å². The van der Waals surface area contributed by atoms with E-state index in [1.807, 2.05) is 6.08 Å². The fourth-order valence-electron chi connectivity index (χ4n) is 2.42. The number of unbranched alkanes of at least 4 members (excludes halogenated alkanes) is 3. The van der Waals surface area contributed by atoms with Crippen molar-refractivity contribution >= 4 is 5.97 Å². The van der Waals surface area contributed by atoms with E-state index in [0.717, 1.165) is 57.8 Å². The second kappa shape index (κ2) is 23.3. The van der Waals surface area contributed by atoms with Crippen molar-refractivity contribution in [3.8, 4) is 0 Å². The molecule has 3 N–H and O–H groups in total. The van der Waals surface area contributed by atoms with Crippen molar-refractivity contribution in [2.24, 2.45) is 0 Å². The minimum atomic E-state index is -0.984. The molecule has 0 aliphatic rings. The maximum Gasteiger partial charge on any atom is 0.305 e. The fraction of sp³-hybridized carbons (Fsp3) is 0.560. The molecule has 0 heterocycles. The van der Waals surface area contributed by atoms with Crippen LogP contribution in [-0.4, -0.2) is 47.2 Å². The van der Waals surface area contributed by atoms with Crippen LogP contribution in [0.15, 0.2) is 60.8 Å². The summed E-state index contributed by atoms with van der Waals surface area (Å²) in [6.07, 6.45) is 29.0. The lowest BCUT2D eigenvalue weighted by Crippen LogP contribution is -2.21. The van der Waals surface area contributed by atoms with Gasteiger partial charge < -0.3 is 20.1 Å². The van der Waals surface area contributed by atoms with Gasteiger partial charge in [-0.05, 0) is 51.4 Å². The van der Waals surface area contributed by atoms with Crippen LogP contribution in [0.2, 0.25) is 0 Å². The van der Waals surface area contributed by atoms with Crippen molar-refractivity contribution < 1.29 is 24.9 Å². The summed E-state index contributed by atoms with van der Waals surface area (Å²) in [6.45, 7) is -0.314. The van der Waals surface area contributed by atoms with Gasteiger partial charge in [-0.3, -0.25) is 4.79 Å². The molecule has 0 amide bonds. The molecule has 0 aliphatic heterocycles. The van der Waals surface area contributed by atoms with Crippen LogP contribution < -0.4 is 0 Å². The third-order valence-corrected chi connectivity index (χ3v) is 4.12. The van der Waals surface area contributed by atoms with Gasteiger partial charge in [0.05, 0.1) is 6.61 Å². The van der Waals surface area contributed by atoms with Gasteiger partial charge >= 0.3 is 5.97 Å². The fourth-order valence-corrected chi connectivity index (χ4v) is 2.42. The summed E-state index contributed by atoms with van der Waals surface area (Å²) in [6, 6.07) is 0. The van der Waals surface area contributed by atoms with Crippen LogP contribution in [0.25, 0.3) is 0 Å². The molecule has 1 unspecified atom stereocenters. The third kappa shape index (κ3) is 22.3. The van der Waals surface area contributed by atoms with Crippen LogP contribution in [0.1, 0.15) is 64.2 Å². The number of ether oxygens (including phenoxy) is 1. The Kier molecular flexibility index (Phi) is 21.8. The molecular weight excluding hydrogens is 380 g/mol. The van der Waals surface area contributed by atoms with Gasteiger partial charge in [-0.15, -0.1) is 0 Å². The largest absolute Gasteiger partial charge is 0.463 e. The van der Waals surface area contributed by atoms with Crippen LogP contribution in [-0.2, 0) is 9.53 Å². The van der Waals surface area contributed by atoms with Crippen molar-refractivity contribution in [1.29, 1.82) is 0 Å². The average molecular weight is 421 g/mol. The molecule has 0 bridgehead atoms. The van der Waals surface area contributed by atoms with Crippen molar-refractivity contribution in [3.63, 3.8) is 0 Å². The second-order valence-corrected chi connectivity index (χ2v) is 6.93. The Morgan fingerprint density at radius 3 is 1.70 bits per heavy atom. The van der Waals surface area contributed by atoms with Gasteiger partial charge in [0.15, 0.2) is 0 Å². The highest BCUT2D eigenvalue weighted by Crippen LogP contribution is 2.05. The normalized spacial score (nSPS) is 13.6. The van der Waals surface area contributed by atoms with Crippen LogP contribution in [0.4, 0.5) is 0 Å². The number of hydrogen-bond donors (Lipinski definition) is 3. The first kappa shape index (κ1) is 28.1. The second-order valence-electron chi connectivity index (χ2n) is 6.93. The van der Waals surface area contributed by atoms with Crippen molar-refractivity contribution in [2.45, 2.75) is 70.3 Å². The average Bonchev–Trinajstić information content (AvgIpc) is 2.76. The van der Waals surface area contributed by atoms with Gasteiger partial charge in [-0.1, -0.05) is 67.2 Å². The Morgan fingerprint density at radius 1 is 0.700 bits per heavy atom. The SMILES string of the molecule is O=C(CCCCC/C=C\C/C=C\C/C=C\C/C=C\C/C=C\CCO)OCC(O)CO. The minimum Gasteiger partial charge on any atom is -0.463 e. The maximum absolute atomic E-state index is 11.4. The third-order valence-electron chi connectivity index (χ3n) is 4.12. The highest BCUT2D eigenvalue weighted by atomic mass is 16.5. The molecule has 170 valence electrons. The summed E-state index contributed by atoms with van der Waals surface area (Å²) in [5, 5.41) is 26.4. The zero-order chi connectivity index (χ0) is 22.1. The molecule has 5 nitrogen and oxygen atoms in total. The lowest BCUT2D eigenvalue weighted by molar-refractivity contribution is -0.147. The lowest BCUT2D eigenvalue weighted by Gasteiger charge is -2.08. The highest BCUT2D eigenvalue weighted by Gasteiger charge is 2.07. The molecule has 0 saturated heterocycles. The van der Waals surface area contributed by atoms with Crippen LogP contribution in [0, 0.1) is 0 Å². The van der Waals surface area contributed by atoms with E-state index in [2.05, 4.69) is 54.7 Å². The summed E-state index contributed by atoms with van der Waals surface area (Å²) in [5.41, 5.74) is 0. The first-order chi connectivity index (χ1) is 14.7. The molecule has 0 aromatic heterocycles. The van der Waals surface area contributed by atoms with E-state index >= 15 is 0 Å². The quantitative estimate of drug-likeness (QED) is 0.162. The smallest absolute Gasteiger partial charge is 0.305 e. The highest BCUT2D eigenvalue weighted by molar-refractivity contribution is 5.69. The Hall–Kier alpha value is -1.95. The van der Waals surface area contributed by atoms with Crippen LogP contribution in [0.5, 0.6) is 0 Å². The summed E-state index contributed by atoms with van der Waals surface area (Å²) >= 11 is 0. The standard InChI is InChI=1S/C25H40O5/c26-21-19-17-15-13-11-9-7-5-3-1-2-4-6-8-10-12-14-16-18-20-25(29)30-23-24(28)22-27/h2-5,8-11,15,17,24,26-28H,1,6-7,12-14,16,18-23H2/b4-2-,5-3-,10-8-,11-9-,17-15-. The van der Waals surface area contributed by atoms with E-state index in [4.69, 9.17) is 20.1 Å². The van der Waals surface area contributed by atoms with E-state index in [9.17, 15) is 4.79 Å². The van der Waals surface area contributed by atoms with Crippen LogP contribution >= 0.6 is 0 Å². The Morgan fingerprint density at radius 2 is 1.20 bits per heavy atom. The number of esters is 1. The lowest BCUT2D eigenvalue weighted by atomic mass is 10.1. The summed E-state index contributed by atoms with van der Waals surface area (Å²) in [5.74, 6) is -0.320. The molecule has 0 fully saturated rings. The van der Waals surface area contributed by atoms with E-state index in [1.54, 1.807) is 0 Å². The number of aliphatic hydroxyl groups is 3. The van der Waals surface area contributed by atoms with Crippen molar-refractivity contribution in [3.05, 3.63) is 60.8 Å². The molecule has 0 radical (unpaired) electrons. The molecule has 1 atom stereocenters. The summed E-state index contributed by atoms with van der Waals surface area (Å²) in [7, 11) is 0. The first-order valence-corrected chi connectivity index (χ1v) is 11.0. The van der Waals surface area contributed by atoms with Gasteiger partial charge in [-0.25, -0.2) is 0 Å². The molecule has 30 heavy (non-hydrogen) atoms. The molecular formula is C25H40O5. The number of carbonyl (C=O) groups is 1. The van der Waals surface area contributed by atoms with Crippen LogP contribution in [0.3, 0.4) is 0 Å². The zero-order valence-corrected chi connectivity index (χ0v) is 18.2. The number of hydrogen-bond acceptors (Lipinski definition) is 5. The van der Waals surface area contributed by atoms with E-state index in [0.29, 0.717) is 6.42 Å². The minimum absolute atomic E-state index is 0.136. The predicted molar refractivity (Wildman–Crippen MR) is 123 cm³/mol.